The smallest absolute Gasteiger partial charge is 0.290 e. The number of hydrogen-bond acceptors (Lipinski definition) is 6. The van der Waals surface area contributed by atoms with Gasteiger partial charge in [-0.3, -0.25) is 19.9 Å². The first-order chi connectivity index (χ1) is 13.1. The summed E-state index contributed by atoms with van der Waals surface area (Å²) >= 11 is 0.828. The second kappa shape index (κ2) is 7.11. The topological polar surface area (TPSA) is 92.4 Å². The van der Waals surface area contributed by atoms with Gasteiger partial charge in [-0.1, -0.05) is 30.0 Å². The van der Waals surface area contributed by atoms with Crippen molar-refractivity contribution >= 4 is 40.0 Å². The van der Waals surface area contributed by atoms with Crippen LogP contribution >= 0.6 is 11.8 Å². The van der Waals surface area contributed by atoms with Gasteiger partial charge < -0.3 is 9.52 Å². The van der Waals surface area contributed by atoms with E-state index in [1.807, 2.05) is 24.3 Å². The first-order valence-corrected chi connectivity index (χ1v) is 8.79. The highest BCUT2D eigenvalue weighted by Crippen LogP contribution is 2.28. The van der Waals surface area contributed by atoms with Gasteiger partial charge in [-0.2, -0.15) is 0 Å². The lowest BCUT2D eigenvalue weighted by atomic mass is 10.1. The number of aromatic nitrogens is 1. The number of fused-ring (bicyclic) bond motifs is 1. The molecule has 132 valence electrons. The molecule has 27 heavy (non-hydrogen) atoms. The molecular formula is C20H12N2O4S. The number of hydrogen-bond donors (Lipinski definition) is 2. The number of imide groups is 1. The standard InChI is InChI=1S/C20H12N2O4S/c23-11-14-4-2-1-3-12(14)5-6-13-9-21-10-15-7-16(26-18(13)15)8-17-19(24)22-20(25)27-17/h1-4,7-10,23H,11H2,(H,22,24,25)/b17-8-. The largest absolute Gasteiger partial charge is 0.455 e. The van der Waals surface area contributed by atoms with E-state index < -0.39 is 11.1 Å². The summed E-state index contributed by atoms with van der Waals surface area (Å²) in [4.78, 5) is 27.4. The lowest BCUT2D eigenvalue weighted by Crippen LogP contribution is -2.17. The first-order valence-electron chi connectivity index (χ1n) is 7.97. The highest BCUT2D eigenvalue weighted by Gasteiger charge is 2.25. The van der Waals surface area contributed by atoms with E-state index in [-0.39, 0.29) is 11.5 Å². The molecule has 1 fully saturated rings. The summed E-state index contributed by atoms with van der Waals surface area (Å²) in [6.45, 7) is -0.0930. The third kappa shape index (κ3) is 3.49. The fourth-order valence-electron chi connectivity index (χ4n) is 2.61. The predicted molar refractivity (Wildman–Crippen MR) is 101 cm³/mol. The third-order valence-electron chi connectivity index (χ3n) is 3.88. The lowest BCUT2D eigenvalue weighted by Gasteiger charge is -1.98. The van der Waals surface area contributed by atoms with Gasteiger partial charge in [0, 0.05) is 29.4 Å². The number of pyridine rings is 1. The molecule has 1 saturated heterocycles. The number of aliphatic hydroxyl groups excluding tert-OH is 1. The van der Waals surface area contributed by atoms with Crippen LogP contribution in [0.5, 0.6) is 0 Å². The number of nitrogens with zero attached hydrogens (tertiary/aromatic N) is 1. The molecule has 7 heteroatoms. The Kier molecular flexibility index (Phi) is 4.50. The Morgan fingerprint density at radius 1 is 1.19 bits per heavy atom. The van der Waals surface area contributed by atoms with Gasteiger partial charge in [0.1, 0.15) is 5.76 Å². The average molecular weight is 376 g/mol. The van der Waals surface area contributed by atoms with Crippen molar-refractivity contribution in [2.75, 3.05) is 0 Å². The quantitative estimate of drug-likeness (QED) is 0.528. The van der Waals surface area contributed by atoms with E-state index in [1.54, 1.807) is 18.5 Å². The maximum atomic E-state index is 11.7. The summed E-state index contributed by atoms with van der Waals surface area (Å²) < 4.78 is 5.82. The molecule has 1 aliphatic rings. The summed E-state index contributed by atoms with van der Waals surface area (Å²) in [7, 11) is 0. The van der Waals surface area contributed by atoms with E-state index >= 15 is 0 Å². The second-order valence-electron chi connectivity index (χ2n) is 5.67. The second-order valence-corrected chi connectivity index (χ2v) is 6.69. The monoisotopic (exact) mass is 376 g/mol. The molecule has 0 aliphatic carbocycles. The molecule has 4 rings (SSSR count). The van der Waals surface area contributed by atoms with Crippen LogP contribution in [0.4, 0.5) is 4.79 Å². The molecular weight excluding hydrogens is 364 g/mol. The minimum Gasteiger partial charge on any atom is -0.455 e. The number of benzene rings is 1. The highest BCUT2D eigenvalue weighted by molar-refractivity contribution is 8.18. The first kappa shape index (κ1) is 17.1. The predicted octanol–water partition coefficient (Wildman–Crippen LogP) is 3.04. The van der Waals surface area contributed by atoms with Crippen LogP contribution in [0.25, 0.3) is 17.0 Å². The van der Waals surface area contributed by atoms with Crippen molar-refractivity contribution in [1.82, 2.24) is 10.3 Å². The zero-order valence-electron chi connectivity index (χ0n) is 13.9. The zero-order chi connectivity index (χ0) is 18.8. The number of thioether (sulfide) groups is 1. The average Bonchev–Trinajstić information content (AvgIpc) is 3.22. The van der Waals surface area contributed by atoms with Crippen LogP contribution < -0.4 is 5.32 Å². The number of rotatable bonds is 2. The van der Waals surface area contributed by atoms with Gasteiger partial charge in [0.15, 0.2) is 5.58 Å². The molecule has 0 unspecified atom stereocenters. The van der Waals surface area contributed by atoms with Crippen molar-refractivity contribution in [3.63, 3.8) is 0 Å². The molecule has 0 radical (unpaired) electrons. The minimum absolute atomic E-state index is 0.0930. The number of furan rings is 1. The van der Waals surface area contributed by atoms with Gasteiger partial charge in [0.05, 0.1) is 17.1 Å². The highest BCUT2D eigenvalue weighted by atomic mass is 32.2. The summed E-state index contributed by atoms with van der Waals surface area (Å²) in [6, 6.07) is 9.07. The van der Waals surface area contributed by atoms with Crippen LogP contribution in [0.3, 0.4) is 0 Å². The molecule has 1 aromatic carbocycles. The molecule has 0 spiro atoms. The maximum Gasteiger partial charge on any atom is 0.290 e. The number of carbonyl (C=O) groups is 2. The number of nitrogens with one attached hydrogen (secondary N) is 1. The van der Waals surface area contributed by atoms with Crippen molar-refractivity contribution in [2.45, 2.75) is 6.61 Å². The summed E-state index contributed by atoms with van der Waals surface area (Å²) in [5.74, 6) is 6.05. The molecule has 0 bridgehead atoms. The number of aliphatic hydroxyl groups is 1. The summed E-state index contributed by atoms with van der Waals surface area (Å²) in [6.07, 6.45) is 4.75. The van der Waals surface area contributed by atoms with E-state index in [1.165, 1.54) is 6.08 Å². The fraction of sp³-hybridized carbons (Fsp3) is 0.0500. The van der Waals surface area contributed by atoms with E-state index in [9.17, 15) is 14.7 Å². The molecule has 0 saturated carbocycles. The number of amides is 2. The molecule has 0 atom stereocenters. The van der Waals surface area contributed by atoms with Crippen LogP contribution in [-0.4, -0.2) is 21.2 Å². The Labute approximate surface area is 158 Å². The van der Waals surface area contributed by atoms with Crippen molar-refractivity contribution in [2.24, 2.45) is 0 Å². The molecule has 3 aromatic rings. The van der Waals surface area contributed by atoms with Crippen LogP contribution in [0.1, 0.15) is 22.5 Å². The van der Waals surface area contributed by atoms with Crippen LogP contribution in [-0.2, 0) is 11.4 Å². The SMILES string of the molecule is O=C1NC(=O)/C(=C/c2cc3cncc(C#Cc4ccccc4CO)c3o2)S1. The van der Waals surface area contributed by atoms with Gasteiger partial charge >= 0.3 is 0 Å². The molecule has 2 aromatic heterocycles. The zero-order valence-corrected chi connectivity index (χ0v) is 14.7. The minimum atomic E-state index is -0.441. The van der Waals surface area contributed by atoms with Crippen molar-refractivity contribution < 1.29 is 19.1 Å². The van der Waals surface area contributed by atoms with Gasteiger partial charge in [0.25, 0.3) is 11.1 Å². The Morgan fingerprint density at radius 3 is 2.78 bits per heavy atom. The van der Waals surface area contributed by atoms with Gasteiger partial charge in [-0.25, -0.2) is 0 Å². The van der Waals surface area contributed by atoms with Crippen molar-refractivity contribution in [3.8, 4) is 11.8 Å². The third-order valence-corrected chi connectivity index (χ3v) is 4.69. The Balaban J connectivity index is 1.73. The lowest BCUT2D eigenvalue weighted by molar-refractivity contribution is -0.115. The van der Waals surface area contributed by atoms with Crippen LogP contribution in [0.15, 0.2) is 52.0 Å². The van der Waals surface area contributed by atoms with Gasteiger partial charge in [-0.05, 0) is 29.5 Å². The number of carbonyl (C=O) groups excluding carboxylic acids is 2. The van der Waals surface area contributed by atoms with Crippen molar-refractivity contribution in [1.29, 1.82) is 0 Å². The van der Waals surface area contributed by atoms with Gasteiger partial charge in [-0.15, -0.1) is 0 Å². The van der Waals surface area contributed by atoms with E-state index in [0.29, 0.717) is 16.9 Å². The van der Waals surface area contributed by atoms with Crippen LogP contribution in [0, 0.1) is 11.8 Å². The van der Waals surface area contributed by atoms with E-state index in [0.717, 1.165) is 28.3 Å². The molecule has 2 N–H and O–H groups in total. The van der Waals surface area contributed by atoms with E-state index in [2.05, 4.69) is 22.1 Å². The maximum absolute atomic E-state index is 11.7. The van der Waals surface area contributed by atoms with E-state index in [4.69, 9.17) is 4.42 Å². The molecule has 1 aliphatic heterocycles. The Hall–Kier alpha value is -3.34. The molecule has 2 amide bonds. The summed E-state index contributed by atoms with van der Waals surface area (Å²) in [5.41, 5.74) is 2.59. The molecule has 6 nitrogen and oxygen atoms in total. The van der Waals surface area contributed by atoms with Crippen LogP contribution in [0.2, 0.25) is 0 Å². The normalized spacial score (nSPS) is 15.1. The van der Waals surface area contributed by atoms with Crippen molar-refractivity contribution in [3.05, 3.63) is 70.1 Å². The summed E-state index contributed by atoms with van der Waals surface area (Å²) in [5, 5.41) is 11.9. The van der Waals surface area contributed by atoms with Gasteiger partial charge in [0.2, 0.25) is 0 Å². The molecule has 3 heterocycles. The Bertz CT molecular complexity index is 1170. The fourth-order valence-corrected chi connectivity index (χ4v) is 3.27. The Morgan fingerprint density at radius 2 is 2.00 bits per heavy atom.